The van der Waals surface area contributed by atoms with E-state index in [4.69, 9.17) is 9.84 Å². The molecule has 6 heteroatoms. The molecule has 0 aliphatic heterocycles. The zero-order valence-electron chi connectivity index (χ0n) is 12.0. The smallest absolute Gasteiger partial charge is 0.275 e. The van der Waals surface area contributed by atoms with Crippen molar-refractivity contribution in [2.75, 3.05) is 25.1 Å². The van der Waals surface area contributed by atoms with Crippen LogP contribution in [0.5, 0.6) is 5.75 Å². The van der Waals surface area contributed by atoms with E-state index < -0.39 is 4.92 Å². The van der Waals surface area contributed by atoms with Crippen LogP contribution < -0.4 is 10.1 Å². The van der Waals surface area contributed by atoms with Gasteiger partial charge in [-0.05, 0) is 18.8 Å². The monoisotopic (exact) mass is 282 g/mol. The fourth-order valence-electron chi connectivity index (χ4n) is 1.71. The second-order valence-corrected chi connectivity index (χ2v) is 4.82. The standard InChI is InChI=1S/C14H22N2O4/c1-3-6-20-14-8-12(7-13(9-14)16(18)19)15-10-11(2)4-5-17/h7-9,11,15,17H,3-6,10H2,1-2H3. The maximum atomic E-state index is 10.9. The van der Waals surface area contributed by atoms with Gasteiger partial charge in [-0.2, -0.15) is 0 Å². The Morgan fingerprint density at radius 2 is 2.20 bits per heavy atom. The van der Waals surface area contributed by atoms with E-state index in [0.29, 0.717) is 36.9 Å². The lowest BCUT2D eigenvalue weighted by molar-refractivity contribution is -0.384. The molecule has 6 nitrogen and oxygen atoms in total. The van der Waals surface area contributed by atoms with Crippen molar-refractivity contribution in [3.63, 3.8) is 0 Å². The van der Waals surface area contributed by atoms with Crippen LogP contribution in [-0.2, 0) is 0 Å². The van der Waals surface area contributed by atoms with Crippen molar-refractivity contribution >= 4 is 11.4 Å². The zero-order chi connectivity index (χ0) is 15.0. The Labute approximate surface area is 118 Å². The molecule has 2 N–H and O–H groups in total. The van der Waals surface area contributed by atoms with Gasteiger partial charge in [0.05, 0.1) is 17.6 Å². The molecule has 1 aromatic carbocycles. The number of nitrogens with zero attached hydrogens (tertiary/aromatic N) is 1. The summed E-state index contributed by atoms with van der Waals surface area (Å²) < 4.78 is 5.46. The van der Waals surface area contributed by atoms with Crippen LogP contribution >= 0.6 is 0 Å². The predicted molar refractivity (Wildman–Crippen MR) is 78.2 cm³/mol. The van der Waals surface area contributed by atoms with Gasteiger partial charge in [-0.1, -0.05) is 13.8 Å². The third-order valence-corrected chi connectivity index (χ3v) is 2.85. The van der Waals surface area contributed by atoms with Crippen molar-refractivity contribution in [3.05, 3.63) is 28.3 Å². The molecule has 0 aromatic heterocycles. The minimum atomic E-state index is -0.429. The molecule has 0 heterocycles. The highest BCUT2D eigenvalue weighted by Crippen LogP contribution is 2.26. The van der Waals surface area contributed by atoms with Gasteiger partial charge in [0.1, 0.15) is 5.75 Å². The minimum absolute atomic E-state index is 0.0101. The number of aliphatic hydroxyl groups excluding tert-OH is 1. The lowest BCUT2D eigenvalue weighted by Gasteiger charge is -2.13. The number of hydrogen-bond donors (Lipinski definition) is 2. The number of hydrogen-bond acceptors (Lipinski definition) is 5. The molecule has 112 valence electrons. The molecule has 0 radical (unpaired) electrons. The Morgan fingerprint density at radius 3 is 2.80 bits per heavy atom. The van der Waals surface area contributed by atoms with Crippen LogP contribution in [-0.4, -0.2) is 29.8 Å². The Kier molecular flexibility index (Phi) is 6.79. The van der Waals surface area contributed by atoms with Crippen LogP contribution in [0.1, 0.15) is 26.7 Å². The second kappa shape index (κ2) is 8.37. The van der Waals surface area contributed by atoms with Crippen LogP contribution in [0, 0.1) is 16.0 Å². The van der Waals surface area contributed by atoms with E-state index >= 15 is 0 Å². The molecule has 1 atom stereocenters. The average Bonchev–Trinajstić information content (AvgIpc) is 2.43. The summed E-state index contributed by atoms with van der Waals surface area (Å²) >= 11 is 0. The van der Waals surface area contributed by atoms with Gasteiger partial charge in [-0.15, -0.1) is 0 Å². The topological polar surface area (TPSA) is 84.6 Å². The highest BCUT2D eigenvalue weighted by molar-refractivity contribution is 5.56. The Morgan fingerprint density at radius 1 is 1.45 bits per heavy atom. The van der Waals surface area contributed by atoms with Crippen molar-refractivity contribution in [1.82, 2.24) is 0 Å². The maximum absolute atomic E-state index is 10.9. The maximum Gasteiger partial charge on any atom is 0.275 e. The summed E-state index contributed by atoms with van der Waals surface area (Å²) in [5.41, 5.74) is 0.672. The number of ether oxygens (including phenoxy) is 1. The van der Waals surface area contributed by atoms with Gasteiger partial charge in [0.25, 0.3) is 5.69 Å². The quantitative estimate of drug-likeness (QED) is 0.537. The van der Waals surface area contributed by atoms with Gasteiger partial charge in [-0.25, -0.2) is 0 Å². The molecule has 0 aliphatic carbocycles. The summed E-state index contributed by atoms with van der Waals surface area (Å²) in [6.45, 7) is 5.31. The van der Waals surface area contributed by atoms with Crippen molar-refractivity contribution in [1.29, 1.82) is 0 Å². The lowest BCUT2D eigenvalue weighted by Crippen LogP contribution is -2.12. The highest BCUT2D eigenvalue weighted by Gasteiger charge is 2.11. The summed E-state index contributed by atoms with van der Waals surface area (Å²) in [6, 6.07) is 4.68. The molecular formula is C14H22N2O4. The number of nitro groups is 1. The van der Waals surface area contributed by atoms with E-state index in [1.807, 2.05) is 13.8 Å². The summed E-state index contributed by atoms with van der Waals surface area (Å²) in [4.78, 5) is 10.5. The molecule has 0 saturated heterocycles. The molecule has 1 rings (SSSR count). The Hall–Kier alpha value is -1.82. The summed E-state index contributed by atoms with van der Waals surface area (Å²) in [5, 5.41) is 22.9. The third kappa shape index (κ3) is 5.44. The van der Waals surface area contributed by atoms with Crippen LogP contribution in [0.15, 0.2) is 18.2 Å². The second-order valence-electron chi connectivity index (χ2n) is 4.82. The van der Waals surface area contributed by atoms with Gasteiger partial charge in [0.15, 0.2) is 0 Å². The van der Waals surface area contributed by atoms with E-state index in [-0.39, 0.29) is 12.3 Å². The van der Waals surface area contributed by atoms with Gasteiger partial charge in [-0.3, -0.25) is 10.1 Å². The molecular weight excluding hydrogens is 260 g/mol. The summed E-state index contributed by atoms with van der Waals surface area (Å²) in [7, 11) is 0. The molecule has 1 unspecified atom stereocenters. The van der Waals surface area contributed by atoms with Crippen LogP contribution in [0.25, 0.3) is 0 Å². The number of nitro benzene ring substituents is 1. The Bertz CT molecular complexity index is 437. The molecule has 0 spiro atoms. The van der Waals surface area contributed by atoms with Crippen molar-refractivity contribution < 1.29 is 14.8 Å². The van der Waals surface area contributed by atoms with Gasteiger partial charge in [0, 0.05) is 31.0 Å². The van der Waals surface area contributed by atoms with Gasteiger partial charge in [0.2, 0.25) is 0 Å². The van der Waals surface area contributed by atoms with E-state index in [9.17, 15) is 10.1 Å². The predicted octanol–water partition coefficient (Wildman–Crippen LogP) is 2.81. The fraction of sp³-hybridized carbons (Fsp3) is 0.571. The van der Waals surface area contributed by atoms with E-state index in [1.54, 1.807) is 6.07 Å². The number of rotatable bonds is 9. The molecule has 0 bridgehead atoms. The minimum Gasteiger partial charge on any atom is -0.493 e. The first-order valence-electron chi connectivity index (χ1n) is 6.83. The lowest BCUT2D eigenvalue weighted by atomic mass is 10.1. The van der Waals surface area contributed by atoms with Crippen LogP contribution in [0.4, 0.5) is 11.4 Å². The molecule has 0 fully saturated rings. The highest BCUT2D eigenvalue weighted by atomic mass is 16.6. The SMILES string of the molecule is CCCOc1cc(NCC(C)CCO)cc([N+](=O)[O-])c1. The third-order valence-electron chi connectivity index (χ3n) is 2.85. The number of benzene rings is 1. The first-order valence-corrected chi connectivity index (χ1v) is 6.83. The normalized spacial score (nSPS) is 11.9. The Balaban J connectivity index is 2.77. The van der Waals surface area contributed by atoms with Gasteiger partial charge >= 0.3 is 0 Å². The summed E-state index contributed by atoms with van der Waals surface area (Å²) in [6.07, 6.45) is 1.54. The first-order chi connectivity index (χ1) is 9.56. The van der Waals surface area contributed by atoms with Crippen LogP contribution in [0.2, 0.25) is 0 Å². The molecule has 0 saturated carbocycles. The van der Waals surface area contributed by atoms with E-state index in [0.717, 1.165) is 6.42 Å². The van der Waals surface area contributed by atoms with Crippen molar-refractivity contribution in [3.8, 4) is 5.75 Å². The number of nitrogens with one attached hydrogen (secondary N) is 1. The largest absolute Gasteiger partial charge is 0.493 e. The fourth-order valence-corrected chi connectivity index (χ4v) is 1.71. The van der Waals surface area contributed by atoms with E-state index in [1.165, 1.54) is 12.1 Å². The van der Waals surface area contributed by atoms with Crippen molar-refractivity contribution in [2.24, 2.45) is 5.92 Å². The number of aliphatic hydroxyl groups is 1. The van der Waals surface area contributed by atoms with Crippen molar-refractivity contribution in [2.45, 2.75) is 26.7 Å². The molecule has 0 amide bonds. The molecule has 0 aliphatic rings. The zero-order valence-corrected chi connectivity index (χ0v) is 12.0. The van der Waals surface area contributed by atoms with Crippen LogP contribution in [0.3, 0.4) is 0 Å². The van der Waals surface area contributed by atoms with E-state index in [2.05, 4.69) is 5.32 Å². The molecule has 1 aromatic rings. The average molecular weight is 282 g/mol. The summed E-state index contributed by atoms with van der Waals surface area (Å²) in [5.74, 6) is 0.789. The number of anilines is 1. The molecule has 20 heavy (non-hydrogen) atoms. The first kappa shape index (κ1) is 16.2. The number of non-ortho nitro benzene ring substituents is 1. The van der Waals surface area contributed by atoms with Gasteiger partial charge < -0.3 is 15.2 Å².